The molecular formula is C13H18N4O. The molecule has 3 heterocycles. The average molecular weight is 246 g/mol. The van der Waals surface area contributed by atoms with Gasteiger partial charge in [0.05, 0.1) is 11.8 Å². The molecule has 1 aromatic heterocycles. The molecule has 2 atom stereocenters. The smallest absolute Gasteiger partial charge is 0.143 e. The molecule has 2 unspecified atom stereocenters. The van der Waals surface area contributed by atoms with E-state index in [4.69, 9.17) is 11.1 Å². The van der Waals surface area contributed by atoms with Gasteiger partial charge in [-0.15, -0.1) is 0 Å². The maximum Gasteiger partial charge on any atom is 0.143 e. The molecule has 2 aliphatic rings. The first-order valence-corrected chi connectivity index (χ1v) is 6.42. The lowest BCUT2D eigenvalue weighted by Crippen LogP contribution is -2.45. The molecular weight excluding hydrogens is 228 g/mol. The molecule has 1 aromatic rings. The summed E-state index contributed by atoms with van der Waals surface area (Å²) in [6, 6.07) is 4.58. The van der Waals surface area contributed by atoms with Gasteiger partial charge in [-0.2, -0.15) is 0 Å². The van der Waals surface area contributed by atoms with Gasteiger partial charge >= 0.3 is 0 Å². The fraction of sp³-hybridized carbons (Fsp3) is 0.538. The maximum atomic E-state index is 9.82. The summed E-state index contributed by atoms with van der Waals surface area (Å²) in [6.45, 7) is 0. The topological polar surface area (TPSA) is 86.2 Å². The van der Waals surface area contributed by atoms with Crippen LogP contribution in [0.5, 0.6) is 0 Å². The van der Waals surface area contributed by atoms with Crippen LogP contribution in [0.1, 0.15) is 31.4 Å². The Morgan fingerprint density at radius 1 is 1.39 bits per heavy atom. The molecule has 96 valence electrons. The Kier molecular flexibility index (Phi) is 2.70. The van der Waals surface area contributed by atoms with Gasteiger partial charge in [0, 0.05) is 18.3 Å². The van der Waals surface area contributed by atoms with Crippen LogP contribution in [0.15, 0.2) is 18.3 Å². The van der Waals surface area contributed by atoms with Gasteiger partial charge in [0.1, 0.15) is 11.5 Å². The van der Waals surface area contributed by atoms with Crippen molar-refractivity contribution in [2.75, 3.05) is 4.90 Å². The second kappa shape index (κ2) is 4.24. The van der Waals surface area contributed by atoms with Gasteiger partial charge in [-0.3, -0.25) is 10.4 Å². The van der Waals surface area contributed by atoms with Crippen LogP contribution < -0.4 is 10.6 Å². The summed E-state index contributed by atoms with van der Waals surface area (Å²) < 4.78 is 0. The van der Waals surface area contributed by atoms with Gasteiger partial charge in [0.2, 0.25) is 0 Å². The Morgan fingerprint density at radius 2 is 2.06 bits per heavy atom. The second-order valence-corrected chi connectivity index (χ2v) is 5.20. The van der Waals surface area contributed by atoms with Gasteiger partial charge in [-0.25, -0.2) is 0 Å². The Balaban J connectivity index is 1.99. The number of anilines is 1. The molecule has 18 heavy (non-hydrogen) atoms. The van der Waals surface area contributed by atoms with Crippen molar-refractivity contribution >= 4 is 11.5 Å². The summed E-state index contributed by atoms with van der Waals surface area (Å²) in [5, 5.41) is 17.4. The van der Waals surface area contributed by atoms with Crippen molar-refractivity contribution in [3.05, 3.63) is 24.0 Å². The third-order valence-electron chi connectivity index (χ3n) is 4.03. The minimum absolute atomic E-state index is 0.0103. The highest BCUT2D eigenvalue weighted by Gasteiger charge is 2.41. The first-order valence-electron chi connectivity index (χ1n) is 6.42. The minimum atomic E-state index is -0.184. The van der Waals surface area contributed by atoms with Crippen LogP contribution >= 0.6 is 0 Å². The molecule has 0 radical (unpaired) electrons. The van der Waals surface area contributed by atoms with Crippen LogP contribution in [-0.2, 0) is 0 Å². The average Bonchev–Trinajstić information content (AvgIpc) is 2.61. The lowest BCUT2D eigenvalue weighted by atomic mass is 9.98. The molecule has 0 amide bonds. The van der Waals surface area contributed by atoms with Crippen LogP contribution in [0, 0.1) is 5.41 Å². The fourth-order valence-electron chi connectivity index (χ4n) is 3.35. The van der Waals surface area contributed by atoms with E-state index < -0.39 is 0 Å². The number of aliphatic hydroxyl groups excluding tert-OH is 1. The zero-order valence-corrected chi connectivity index (χ0v) is 10.2. The van der Waals surface area contributed by atoms with Gasteiger partial charge in [0.15, 0.2) is 0 Å². The normalized spacial score (nSPS) is 30.5. The zero-order valence-electron chi connectivity index (χ0n) is 10.2. The predicted molar refractivity (Wildman–Crippen MR) is 69.8 cm³/mol. The molecule has 5 heteroatoms. The molecule has 2 bridgehead atoms. The molecule has 0 aliphatic carbocycles. The highest BCUT2D eigenvalue weighted by atomic mass is 16.3. The third-order valence-corrected chi connectivity index (χ3v) is 4.03. The summed E-state index contributed by atoms with van der Waals surface area (Å²) in [5.74, 6) is 0.0103. The summed E-state index contributed by atoms with van der Waals surface area (Å²) in [4.78, 5) is 6.53. The standard InChI is InChI=1S/C13H18N4O/c14-13(15)12-11(2-1-5-16-12)17-8-3-4-9(17)7-10(18)6-8/h1-2,5,8-10,18H,3-4,6-7H2,(H3,14,15). The quantitative estimate of drug-likeness (QED) is 0.533. The van der Waals surface area contributed by atoms with Crippen molar-refractivity contribution in [3.8, 4) is 0 Å². The number of nitrogens with zero attached hydrogens (tertiary/aromatic N) is 2. The number of pyridine rings is 1. The number of piperidine rings is 1. The van der Waals surface area contributed by atoms with Crippen molar-refractivity contribution < 1.29 is 5.11 Å². The number of amidine groups is 1. The van der Waals surface area contributed by atoms with Crippen molar-refractivity contribution in [2.24, 2.45) is 5.73 Å². The highest BCUT2D eigenvalue weighted by molar-refractivity contribution is 5.98. The molecule has 0 aromatic carbocycles. The Labute approximate surface area is 106 Å². The summed E-state index contributed by atoms with van der Waals surface area (Å²) in [7, 11) is 0. The summed E-state index contributed by atoms with van der Waals surface area (Å²) in [6.07, 6.45) is 5.31. The van der Waals surface area contributed by atoms with E-state index in [1.807, 2.05) is 12.1 Å². The molecule has 2 saturated heterocycles. The molecule has 0 saturated carbocycles. The van der Waals surface area contributed by atoms with Gasteiger partial charge in [-0.1, -0.05) is 0 Å². The molecule has 4 N–H and O–H groups in total. The van der Waals surface area contributed by atoms with E-state index in [2.05, 4.69) is 9.88 Å². The Hall–Kier alpha value is -1.62. The fourth-order valence-corrected chi connectivity index (χ4v) is 3.35. The number of aromatic nitrogens is 1. The number of nitrogen functional groups attached to an aromatic ring is 1. The van der Waals surface area contributed by atoms with Gasteiger partial charge in [-0.05, 0) is 37.8 Å². The van der Waals surface area contributed by atoms with Gasteiger partial charge in [0.25, 0.3) is 0 Å². The van der Waals surface area contributed by atoms with Crippen molar-refractivity contribution in [1.29, 1.82) is 5.41 Å². The minimum Gasteiger partial charge on any atom is -0.393 e. The molecule has 0 spiro atoms. The van der Waals surface area contributed by atoms with Crippen molar-refractivity contribution in [1.82, 2.24) is 4.98 Å². The zero-order chi connectivity index (χ0) is 12.7. The lowest BCUT2D eigenvalue weighted by Gasteiger charge is -2.39. The highest BCUT2D eigenvalue weighted by Crippen LogP contribution is 2.40. The van der Waals surface area contributed by atoms with E-state index in [0.717, 1.165) is 31.4 Å². The second-order valence-electron chi connectivity index (χ2n) is 5.20. The van der Waals surface area contributed by atoms with Crippen LogP contribution in [-0.4, -0.2) is 34.1 Å². The van der Waals surface area contributed by atoms with Crippen LogP contribution in [0.4, 0.5) is 5.69 Å². The SMILES string of the molecule is N=C(N)c1ncccc1N1C2CCC1CC(O)C2. The predicted octanol–water partition coefficient (Wildman–Crippen LogP) is 0.858. The third kappa shape index (κ3) is 1.75. The largest absolute Gasteiger partial charge is 0.393 e. The monoisotopic (exact) mass is 246 g/mol. The van der Waals surface area contributed by atoms with Crippen LogP contribution in [0.2, 0.25) is 0 Å². The number of hydrogen-bond donors (Lipinski definition) is 3. The number of nitrogens with two attached hydrogens (primary N) is 1. The molecule has 2 aliphatic heterocycles. The first kappa shape index (κ1) is 11.5. The van der Waals surface area contributed by atoms with E-state index in [1.54, 1.807) is 6.20 Å². The van der Waals surface area contributed by atoms with Crippen molar-refractivity contribution in [3.63, 3.8) is 0 Å². The maximum absolute atomic E-state index is 9.82. The lowest BCUT2D eigenvalue weighted by molar-refractivity contribution is 0.126. The van der Waals surface area contributed by atoms with Crippen molar-refractivity contribution in [2.45, 2.75) is 43.9 Å². The number of nitrogens with one attached hydrogen (secondary N) is 1. The Bertz CT molecular complexity index is 462. The van der Waals surface area contributed by atoms with Crippen LogP contribution in [0.25, 0.3) is 0 Å². The number of fused-ring (bicyclic) bond motifs is 2. The van der Waals surface area contributed by atoms with E-state index in [9.17, 15) is 5.11 Å². The van der Waals surface area contributed by atoms with E-state index in [-0.39, 0.29) is 11.9 Å². The summed E-state index contributed by atoms with van der Waals surface area (Å²) >= 11 is 0. The first-order chi connectivity index (χ1) is 8.66. The van der Waals surface area contributed by atoms with E-state index in [0.29, 0.717) is 17.8 Å². The number of rotatable bonds is 2. The van der Waals surface area contributed by atoms with E-state index >= 15 is 0 Å². The Morgan fingerprint density at radius 3 is 2.67 bits per heavy atom. The molecule has 5 nitrogen and oxygen atoms in total. The molecule has 3 rings (SSSR count). The van der Waals surface area contributed by atoms with Crippen LogP contribution in [0.3, 0.4) is 0 Å². The number of hydrogen-bond acceptors (Lipinski definition) is 4. The van der Waals surface area contributed by atoms with Gasteiger partial charge < -0.3 is 15.7 Å². The van der Waals surface area contributed by atoms with E-state index in [1.165, 1.54) is 0 Å². The summed E-state index contributed by atoms with van der Waals surface area (Å²) in [5.41, 5.74) is 7.11. The number of aliphatic hydroxyl groups is 1. The molecule has 2 fully saturated rings.